The second kappa shape index (κ2) is 10.1. The quantitative estimate of drug-likeness (QED) is 0.323. The summed E-state index contributed by atoms with van der Waals surface area (Å²) in [5.41, 5.74) is 2.53. The Balaban J connectivity index is 1.05. The van der Waals surface area contributed by atoms with Crippen molar-refractivity contribution in [1.82, 2.24) is 4.90 Å². The monoisotopic (exact) mass is 513 g/mol. The first kappa shape index (κ1) is 25.6. The van der Waals surface area contributed by atoms with Crippen molar-refractivity contribution >= 4 is 11.3 Å². The van der Waals surface area contributed by atoms with Crippen molar-refractivity contribution in [3.63, 3.8) is 0 Å². The van der Waals surface area contributed by atoms with Gasteiger partial charge >= 0.3 is 0 Å². The van der Waals surface area contributed by atoms with Crippen LogP contribution in [-0.2, 0) is 15.1 Å². The lowest BCUT2D eigenvalue weighted by atomic mass is 9.46. The molecule has 5 aliphatic rings. The SMILES string of the molecule is C[C@]12CCC(OCCOCCN3CCCC3)CC1=CC[C@@H]1[C@H]2CC[C@@]2(C)[C@H]1CCC2(O)c1ccsc1. The predicted molar refractivity (Wildman–Crippen MR) is 146 cm³/mol. The maximum atomic E-state index is 12.0. The van der Waals surface area contributed by atoms with Gasteiger partial charge in [0.05, 0.1) is 31.5 Å². The molecule has 200 valence electrons. The molecule has 3 saturated carbocycles. The van der Waals surface area contributed by atoms with E-state index in [0.717, 1.165) is 51.5 Å². The van der Waals surface area contributed by atoms with Gasteiger partial charge in [-0.1, -0.05) is 25.5 Å². The number of ether oxygens (including phenoxy) is 2. The minimum Gasteiger partial charge on any atom is -0.385 e. The molecule has 2 heterocycles. The van der Waals surface area contributed by atoms with Gasteiger partial charge in [0.15, 0.2) is 0 Å². The minimum atomic E-state index is -0.643. The van der Waals surface area contributed by atoms with Gasteiger partial charge in [0.2, 0.25) is 0 Å². The van der Waals surface area contributed by atoms with Gasteiger partial charge in [0.1, 0.15) is 0 Å². The highest BCUT2D eigenvalue weighted by Gasteiger charge is 2.64. The van der Waals surface area contributed by atoms with E-state index >= 15 is 0 Å². The maximum Gasteiger partial charge on any atom is 0.0960 e. The molecule has 0 bridgehead atoms. The number of aliphatic hydroxyl groups is 1. The second-order valence-electron chi connectivity index (χ2n) is 13.0. The zero-order valence-corrected chi connectivity index (χ0v) is 23.4. The van der Waals surface area contributed by atoms with Gasteiger partial charge in [0.25, 0.3) is 0 Å². The Bertz CT molecular complexity index is 926. The molecule has 6 rings (SSSR count). The lowest BCUT2D eigenvalue weighted by Crippen LogP contribution is -2.53. The van der Waals surface area contributed by atoms with Crippen molar-refractivity contribution in [3.05, 3.63) is 34.0 Å². The first-order valence-electron chi connectivity index (χ1n) is 14.8. The molecule has 1 aromatic rings. The van der Waals surface area contributed by atoms with E-state index < -0.39 is 5.60 Å². The Labute approximate surface area is 222 Å². The number of hydrogen-bond acceptors (Lipinski definition) is 5. The van der Waals surface area contributed by atoms with E-state index in [1.807, 2.05) is 0 Å². The molecule has 36 heavy (non-hydrogen) atoms. The number of rotatable bonds is 8. The van der Waals surface area contributed by atoms with Crippen LogP contribution in [0.2, 0.25) is 0 Å². The van der Waals surface area contributed by atoms with E-state index in [1.54, 1.807) is 16.9 Å². The number of thiophene rings is 1. The summed E-state index contributed by atoms with van der Waals surface area (Å²) < 4.78 is 12.2. The van der Waals surface area contributed by atoms with Crippen LogP contribution in [0.3, 0.4) is 0 Å². The second-order valence-corrected chi connectivity index (χ2v) is 13.8. The predicted octanol–water partition coefficient (Wildman–Crippen LogP) is 6.40. The van der Waals surface area contributed by atoms with Gasteiger partial charge in [0, 0.05) is 12.0 Å². The van der Waals surface area contributed by atoms with Gasteiger partial charge in [-0.2, -0.15) is 11.3 Å². The van der Waals surface area contributed by atoms with E-state index in [9.17, 15) is 5.11 Å². The molecule has 7 atom stereocenters. The molecule has 1 N–H and O–H groups in total. The Morgan fingerprint density at radius 1 is 1.03 bits per heavy atom. The number of fused-ring (bicyclic) bond motifs is 5. The van der Waals surface area contributed by atoms with Crippen LogP contribution in [0.4, 0.5) is 0 Å². The van der Waals surface area contributed by atoms with Gasteiger partial charge < -0.3 is 19.5 Å². The van der Waals surface area contributed by atoms with Gasteiger partial charge in [-0.15, -0.1) is 0 Å². The van der Waals surface area contributed by atoms with Crippen molar-refractivity contribution in [1.29, 1.82) is 0 Å². The van der Waals surface area contributed by atoms with E-state index in [1.165, 1.54) is 63.6 Å². The van der Waals surface area contributed by atoms with E-state index in [-0.39, 0.29) is 5.41 Å². The zero-order chi connectivity index (χ0) is 24.8. The smallest absolute Gasteiger partial charge is 0.0960 e. The molecule has 0 spiro atoms. The third kappa shape index (κ3) is 4.25. The van der Waals surface area contributed by atoms with E-state index in [0.29, 0.717) is 23.4 Å². The zero-order valence-electron chi connectivity index (χ0n) is 22.6. The molecule has 4 nitrogen and oxygen atoms in total. The lowest BCUT2D eigenvalue weighted by Gasteiger charge is -2.59. The summed E-state index contributed by atoms with van der Waals surface area (Å²) >= 11 is 1.72. The highest BCUT2D eigenvalue weighted by Crippen LogP contribution is 2.69. The fourth-order valence-corrected chi connectivity index (χ4v) is 10.1. The Kier molecular flexibility index (Phi) is 7.18. The summed E-state index contributed by atoms with van der Waals surface area (Å²) in [6.07, 6.45) is 14.9. The van der Waals surface area contributed by atoms with Crippen LogP contribution < -0.4 is 0 Å². The van der Waals surface area contributed by atoms with Gasteiger partial charge in [-0.3, -0.25) is 0 Å². The summed E-state index contributed by atoms with van der Waals surface area (Å²) in [4.78, 5) is 2.51. The highest BCUT2D eigenvalue weighted by molar-refractivity contribution is 7.08. The molecule has 0 aromatic carbocycles. The van der Waals surface area contributed by atoms with Crippen molar-refractivity contribution in [2.75, 3.05) is 39.5 Å². The standard InChI is InChI=1S/C31H47NO3S/c1-29-11-7-25(35-19-18-34-17-16-32-14-3-4-15-32)21-23(29)5-6-26-27(29)8-12-30(2)28(26)9-13-31(30,33)24-10-20-36-22-24/h5,10,20,22,25-28,33H,3-4,6-9,11-19,21H2,1-2H3/t25?,26-,27-,28+,29+,30+,31?/m1/s1. The van der Waals surface area contributed by atoms with Gasteiger partial charge in [-0.25, -0.2) is 0 Å². The van der Waals surface area contributed by atoms with Crippen molar-refractivity contribution in [2.45, 2.75) is 89.8 Å². The molecular formula is C31H47NO3S. The molecule has 0 amide bonds. The third-order valence-electron chi connectivity index (χ3n) is 11.5. The molecule has 1 aromatic heterocycles. The third-order valence-corrected chi connectivity index (χ3v) is 12.2. The average Bonchev–Trinajstić information content (AvgIpc) is 3.64. The molecule has 5 heteroatoms. The summed E-state index contributed by atoms with van der Waals surface area (Å²) in [5, 5.41) is 16.3. The summed E-state index contributed by atoms with van der Waals surface area (Å²) in [5.74, 6) is 2.10. The molecule has 1 saturated heterocycles. The summed E-state index contributed by atoms with van der Waals surface area (Å²) in [6, 6.07) is 2.17. The molecule has 0 radical (unpaired) electrons. The molecular weight excluding hydrogens is 466 g/mol. The normalized spacial score (nSPS) is 42.6. The molecule has 2 unspecified atom stereocenters. The van der Waals surface area contributed by atoms with Crippen LogP contribution >= 0.6 is 11.3 Å². The summed E-state index contributed by atoms with van der Waals surface area (Å²) in [6.45, 7) is 10.8. The van der Waals surface area contributed by atoms with Crippen molar-refractivity contribution < 1.29 is 14.6 Å². The Morgan fingerprint density at radius 2 is 1.86 bits per heavy atom. The minimum absolute atomic E-state index is 0.00599. The fraction of sp³-hybridized carbons (Fsp3) is 0.806. The van der Waals surface area contributed by atoms with Crippen LogP contribution in [0.25, 0.3) is 0 Å². The van der Waals surface area contributed by atoms with Crippen LogP contribution in [0.15, 0.2) is 28.5 Å². The lowest BCUT2D eigenvalue weighted by molar-refractivity contribution is -0.130. The summed E-state index contributed by atoms with van der Waals surface area (Å²) in [7, 11) is 0. The number of hydrogen-bond donors (Lipinski definition) is 1. The molecule has 1 aliphatic heterocycles. The number of likely N-dealkylation sites (tertiary alicyclic amines) is 1. The van der Waals surface area contributed by atoms with Crippen LogP contribution in [0.1, 0.15) is 83.6 Å². The number of allylic oxidation sites excluding steroid dienone is 1. The van der Waals surface area contributed by atoms with E-state index in [4.69, 9.17) is 9.47 Å². The Hall–Kier alpha value is -0.720. The molecule has 4 aliphatic carbocycles. The van der Waals surface area contributed by atoms with Crippen LogP contribution in [0.5, 0.6) is 0 Å². The van der Waals surface area contributed by atoms with Gasteiger partial charge in [-0.05, 0) is 123 Å². The van der Waals surface area contributed by atoms with Crippen LogP contribution in [-0.4, -0.2) is 55.6 Å². The van der Waals surface area contributed by atoms with Crippen molar-refractivity contribution in [3.8, 4) is 0 Å². The fourth-order valence-electron chi connectivity index (χ4n) is 9.34. The van der Waals surface area contributed by atoms with Crippen LogP contribution in [0, 0.1) is 28.6 Å². The first-order chi connectivity index (χ1) is 17.4. The number of nitrogens with zero attached hydrogens (tertiary/aromatic N) is 1. The maximum absolute atomic E-state index is 12.0. The van der Waals surface area contributed by atoms with E-state index in [2.05, 4.69) is 41.6 Å². The average molecular weight is 514 g/mol. The molecule has 4 fully saturated rings. The first-order valence-corrected chi connectivity index (χ1v) is 15.7. The topological polar surface area (TPSA) is 41.9 Å². The largest absolute Gasteiger partial charge is 0.385 e. The van der Waals surface area contributed by atoms with Crippen molar-refractivity contribution in [2.24, 2.45) is 28.6 Å². The highest BCUT2D eigenvalue weighted by atomic mass is 32.1. The Morgan fingerprint density at radius 3 is 2.67 bits per heavy atom.